The number of fused-ring (bicyclic) bond motifs is 1. The highest BCUT2D eigenvalue weighted by molar-refractivity contribution is 5.69. The number of allylic oxidation sites excluding steroid dienone is 2. The maximum Gasteiger partial charge on any atom is 0.305 e. The smallest absolute Gasteiger partial charge is 0.305 e. The molecule has 0 aromatic rings. The Morgan fingerprint density at radius 2 is 2.24 bits per heavy atom. The van der Waals surface area contributed by atoms with Gasteiger partial charge in [-0.3, -0.25) is 4.79 Å². The maximum atomic E-state index is 11.2. The zero-order chi connectivity index (χ0) is 17.6. The number of carbonyl (C=O) groups excluding carboxylic acids is 1. The molecule has 2 aliphatic carbocycles. The summed E-state index contributed by atoms with van der Waals surface area (Å²) in [5.41, 5.74) is 1.46. The van der Waals surface area contributed by atoms with Crippen molar-refractivity contribution in [2.75, 3.05) is 20.3 Å². The predicted molar refractivity (Wildman–Crippen MR) is 93.8 cm³/mol. The van der Waals surface area contributed by atoms with Crippen molar-refractivity contribution >= 4 is 5.97 Å². The number of rotatable bonds is 7. The molecule has 5 heteroatoms. The Bertz CT molecular complexity index is 469. The highest BCUT2D eigenvalue weighted by Gasteiger charge is 2.48. The molecule has 0 amide bonds. The summed E-state index contributed by atoms with van der Waals surface area (Å²) in [6.07, 6.45) is 11.1. The van der Waals surface area contributed by atoms with Crippen molar-refractivity contribution in [1.82, 2.24) is 0 Å². The number of hydrogen-bond acceptors (Lipinski definition) is 5. The van der Waals surface area contributed by atoms with E-state index in [-0.39, 0.29) is 30.9 Å². The van der Waals surface area contributed by atoms with Crippen LogP contribution in [0.2, 0.25) is 0 Å². The van der Waals surface area contributed by atoms with Gasteiger partial charge < -0.3 is 19.3 Å². The molecule has 1 N–H and O–H groups in total. The van der Waals surface area contributed by atoms with Crippen LogP contribution in [0.4, 0.5) is 0 Å². The lowest BCUT2D eigenvalue weighted by atomic mass is 9.88. The van der Waals surface area contributed by atoms with Gasteiger partial charge in [0.1, 0.15) is 0 Å². The molecule has 5 atom stereocenters. The molecular formula is C20H32O5. The number of carbonyl (C=O) groups is 1. The van der Waals surface area contributed by atoms with E-state index in [0.717, 1.165) is 45.1 Å². The van der Waals surface area contributed by atoms with Gasteiger partial charge >= 0.3 is 5.97 Å². The fourth-order valence-electron chi connectivity index (χ4n) is 4.87. The van der Waals surface area contributed by atoms with Crippen LogP contribution in [-0.2, 0) is 19.0 Å². The molecule has 3 rings (SSSR count). The molecule has 0 aromatic heterocycles. The average molecular weight is 352 g/mol. The molecule has 25 heavy (non-hydrogen) atoms. The van der Waals surface area contributed by atoms with E-state index in [0.29, 0.717) is 18.3 Å². The third kappa shape index (κ3) is 4.63. The molecule has 5 unspecified atom stereocenters. The Labute approximate surface area is 150 Å². The van der Waals surface area contributed by atoms with Crippen molar-refractivity contribution in [2.24, 2.45) is 17.8 Å². The Hall–Kier alpha value is -0.910. The van der Waals surface area contributed by atoms with Gasteiger partial charge in [0.2, 0.25) is 0 Å². The number of methoxy groups -OCH3 is 1. The first-order chi connectivity index (χ1) is 12.2. The quantitative estimate of drug-likeness (QED) is 0.433. The monoisotopic (exact) mass is 352 g/mol. The van der Waals surface area contributed by atoms with Crippen LogP contribution in [-0.4, -0.2) is 43.8 Å². The lowest BCUT2D eigenvalue weighted by Crippen LogP contribution is -2.33. The van der Waals surface area contributed by atoms with Gasteiger partial charge in [-0.1, -0.05) is 11.6 Å². The number of hydrogen-bond donors (Lipinski definition) is 1. The van der Waals surface area contributed by atoms with Crippen molar-refractivity contribution in [3.63, 3.8) is 0 Å². The van der Waals surface area contributed by atoms with Crippen LogP contribution in [0.15, 0.2) is 11.6 Å². The summed E-state index contributed by atoms with van der Waals surface area (Å²) in [6, 6.07) is 0. The predicted octanol–water partition coefficient (Wildman–Crippen LogP) is 3.21. The summed E-state index contributed by atoms with van der Waals surface area (Å²) in [5.74, 6) is 1.11. The van der Waals surface area contributed by atoms with E-state index in [9.17, 15) is 9.90 Å². The van der Waals surface area contributed by atoms with Crippen molar-refractivity contribution in [2.45, 2.75) is 70.2 Å². The molecule has 0 spiro atoms. The number of unbranched alkanes of at least 4 members (excludes halogenated alkanes) is 1. The Kier molecular flexibility index (Phi) is 6.91. The van der Waals surface area contributed by atoms with Crippen molar-refractivity contribution in [1.29, 1.82) is 0 Å². The third-order valence-electron chi connectivity index (χ3n) is 6.11. The molecule has 0 radical (unpaired) electrons. The van der Waals surface area contributed by atoms with E-state index in [1.165, 1.54) is 25.5 Å². The van der Waals surface area contributed by atoms with E-state index in [1.807, 2.05) is 0 Å². The van der Waals surface area contributed by atoms with Crippen molar-refractivity contribution < 1.29 is 24.1 Å². The first-order valence-corrected chi connectivity index (χ1v) is 9.86. The van der Waals surface area contributed by atoms with Gasteiger partial charge in [0.05, 0.1) is 13.2 Å². The molecular weight excluding hydrogens is 320 g/mol. The Morgan fingerprint density at radius 3 is 2.96 bits per heavy atom. The largest absolute Gasteiger partial charge is 0.469 e. The zero-order valence-corrected chi connectivity index (χ0v) is 15.3. The SMILES string of the molecule is COC(=O)CCCC=C1CCC2CC(OC3CCCCO3)C(CO)C12. The van der Waals surface area contributed by atoms with Crippen LogP contribution in [0.3, 0.4) is 0 Å². The van der Waals surface area contributed by atoms with Gasteiger partial charge in [0, 0.05) is 25.6 Å². The molecule has 3 aliphatic rings. The van der Waals surface area contributed by atoms with Gasteiger partial charge in [-0.15, -0.1) is 0 Å². The molecule has 142 valence electrons. The lowest BCUT2D eigenvalue weighted by molar-refractivity contribution is -0.197. The molecule has 1 aliphatic heterocycles. The number of aliphatic hydroxyl groups is 1. The average Bonchev–Trinajstić information content (AvgIpc) is 3.18. The minimum atomic E-state index is -0.141. The number of ether oxygens (including phenoxy) is 3. The maximum absolute atomic E-state index is 11.2. The minimum Gasteiger partial charge on any atom is -0.469 e. The van der Waals surface area contributed by atoms with Crippen LogP contribution in [0.5, 0.6) is 0 Å². The van der Waals surface area contributed by atoms with Crippen LogP contribution in [0, 0.1) is 17.8 Å². The summed E-state index contributed by atoms with van der Waals surface area (Å²) in [6.45, 7) is 0.970. The molecule has 0 aromatic carbocycles. The lowest BCUT2D eigenvalue weighted by Gasteiger charge is -2.30. The van der Waals surface area contributed by atoms with E-state index in [4.69, 9.17) is 14.2 Å². The summed E-state index contributed by atoms with van der Waals surface area (Å²) in [5, 5.41) is 10.00. The van der Waals surface area contributed by atoms with E-state index in [2.05, 4.69) is 6.08 Å². The topological polar surface area (TPSA) is 65.0 Å². The van der Waals surface area contributed by atoms with Crippen molar-refractivity contribution in [3.8, 4) is 0 Å². The fourth-order valence-corrected chi connectivity index (χ4v) is 4.87. The first-order valence-electron chi connectivity index (χ1n) is 9.86. The van der Waals surface area contributed by atoms with Gasteiger partial charge in [-0.2, -0.15) is 0 Å². The van der Waals surface area contributed by atoms with Crippen molar-refractivity contribution in [3.05, 3.63) is 11.6 Å². The van der Waals surface area contributed by atoms with Crippen LogP contribution in [0.25, 0.3) is 0 Å². The van der Waals surface area contributed by atoms with Gasteiger partial charge in [0.25, 0.3) is 0 Å². The second-order valence-electron chi connectivity index (χ2n) is 7.62. The van der Waals surface area contributed by atoms with Crippen LogP contribution < -0.4 is 0 Å². The molecule has 1 saturated heterocycles. The standard InChI is InChI=1S/C20H32O5/c1-23-18(22)7-3-2-6-14-9-10-15-12-17(16(13-21)20(14)15)25-19-8-4-5-11-24-19/h6,15-17,19-21H,2-5,7-13H2,1H3. The summed E-state index contributed by atoms with van der Waals surface area (Å²) in [4.78, 5) is 11.2. The van der Waals surface area contributed by atoms with Crippen LogP contribution in [0.1, 0.15) is 57.8 Å². The van der Waals surface area contributed by atoms with E-state index in [1.54, 1.807) is 0 Å². The summed E-state index contributed by atoms with van der Waals surface area (Å²) >= 11 is 0. The normalized spacial score (nSPS) is 36.6. The summed E-state index contributed by atoms with van der Waals surface area (Å²) in [7, 11) is 1.43. The van der Waals surface area contributed by atoms with Crippen LogP contribution >= 0.6 is 0 Å². The zero-order valence-electron chi connectivity index (χ0n) is 15.3. The molecule has 2 saturated carbocycles. The van der Waals surface area contributed by atoms with E-state index < -0.39 is 0 Å². The fraction of sp³-hybridized carbons (Fsp3) is 0.850. The number of esters is 1. The second-order valence-corrected chi connectivity index (χ2v) is 7.62. The molecule has 0 bridgehead atoms. The van der Waals surface area contributed by atoms with E-state index >= 15 is 0 Å². The highest BCUT2D eigenvalue weighted by atomic mass is 16.7. The van der Waals surface area contributed by atoms with Gasteiger partial charge in [-0.25, -0.2) is 0 Å². The number of aliphatic hydroxyl groups excluding tert-OH is 1. The molecule has 5 nitrogen and oxygen atoms in total. The van der Waals surface area contributed by atoms with Gasteiger partial charge in [-0.05, 0) is 63.2 Å². The minimum absolute atomic E-state index is 0.0842. The Morgan fingerprint density at radius 1 is 1.36 bits per heavy atom. The second kappa shape index (κ2) is 9.15. The summed E-state index contributed by atoms with van der Waals surface area (Å²) < 4.78 is 16.7. The first kappa shape index (κ1) is 18.9. The third-order valence-corrected chi connectivity index (χ3v) is 6.11. The molecule has 3 fully saturated rings. The molecule has 1 heterocycles. The Balaban J connectivity index is 1.55. The highest BCUT2D eigenvalue weighted by Crippen LogP contribution is 2.52. The van der Waals surface area contributed by atoms with Gasteiger partial charge in [0.15, 0.2) is 6.29 Å².